The standard InChI is InChI=1S/C26H26N2O4/c1-4-30-24(29)12-6-17-5-9-21-18(13-17)7-10-22-25(21)28-32-26(22)19-8-11-23(31-16(2)3)20(14-19)15-27/h5,8-9,11,13-14,16H,4,6-7,10,12H2,1-3H3. The summed E-state index contributed by atoms with van der Waals surface area (Å²) >= 11 is 0. The number of nitriles is 1. The Hall–Kier alpha value is -3.59. The van der Waals surface area contributed by atoms with Gasteiger partial charge in [-0.2, -0.15) is 5.26 Å². The van der Waals surface area contributed by atoms with Gasteiger partial charge < -0.3 is 14.0 Å². The van der Waals surface area contributed by atoms with Crippen molar-refractivity contribution in [3.05, 3.63) is 58.7 Å². The van der Waals surface area contributed by atoms with E-state index in [9.17, 15) is 10.1 Å². The van der Waals surface area contributed by atoms with Crippen molar-refractivity contribution in [3.8, 4) is 34.4 Å². The maximum atomic E-state index is 11.7. The number of benzene rings is 2. The molecule has 6 heteroatoms. The fourth-order valence-corrected chi connectivity index (χ4v) is 4.07. The molecule has 2 aromatic carbocycles. The third-order valence-corrected chi connectivity index (χ3v) is 5.51. The number of hydrogen-bond acceptors (Lipinski definition) is 6. The maximum absolute atomic E-state index is 11.7. The third kappa shape index (κ3) is 4.38. The van der Waals surface area contributed by atoms with E-state index in [0.717, 1.165) is 40.8 Å². The zero-order chi connectivity index (χ0) is 22.7. The smallest absolute Gasteiger partial charge is 0.306 e. The summed E-state index contributed by atoms with van der Waals surface area (Å²) in [5.74, 6) is 1.10. The summed E-state index contributed by atoms with van der Waals surface area (Å²) in [7, 11) is 0. The molecule has 1 aliphatic rings. The van der Waals surface area contributed by atoms with Crippen molar-refractivity contribution in [2.45, 2.75) is 52.6 Å². The summed E-state index contributed by atoms with van der Waals surface area (Å²) in [5, 5.41) is 13.9. The molecule has 0 bridgehead atoms. The first-order chi connectivity index (χ1) is 15.5. The maximum Gasteiger partial charge on any atom is 0.306 e. The van der Waals surface area contributed by atoms with E-state index in [0.29, 0.717) is 36.5 Å². The summed E-state index contributed by atoms with van der Waals surface area (Å²) in [4.78, 5) is 11.7. The predicted octanol–water partition coefficient (Wildman–Crippen LogP) is 5.26. The summed E-state index contributed by atoms with van der Waals surface area (Å²) in [6.45, 7) is 6.09. The molecule has 1 heterocycles. The van der Waals surface area contributed by atoms with E-state index >= 15 is 0 Å². The SMILES string of the molecule is CCOC(=O)CCc1ccc2c(c1)CCc1c-2noc1-c1ccc(OC(C)C)c(C#N)c1. The van der Waals surface area contributed by atoms with Gasteiger partial charge in [0.25, 0.3) is 0 Å². The van der Waals surface area contributed by atoms with Crippen LogP contribution >= 0.6 is 0 Å². The minimum absolute atomic E-state index is 0.00956. The van der Waals surface area contributed by atoms with Crippen LogP contribution in [0, 0.1) is 11.3 Å². The van der Waals surface area contributed by atoms with Gasteiger partial charge in [0.2, 0.25) is 0 Å². The molecule has 3 aromatic rings. The van der Waals surface area contributed by atoms with Crippen molar-refractivity contribution in [1.82, 2.24) is 5.16 Å². The molecule has 0 spiro atoms. The lowest BCUT2D eigenvalue weighted by Gasteiger charge is -2.17. The van der Waals surface area contributed by atoms with Gasteiger partial charge in [0.1, 0.15) is 17.5 Å². The van der Waals surface area contributed by atoms with Gasteiger partial charge in [-0.25, -0.2) is 0 Å². The minimum Gasteiger partial charge on any atom is -0.490 e. The van der Waals surface area contributed by atoms with E-state index < -0.39 is 0 Å². The Morgan fingerprint density at radius 2 is 2.06 bits per heavy atom. The monoisotopic (exact) mass is 430 g/mol. The van der Waals surface area contributed by atoms with Gasteiger partial charge in [-0.3, -0.25) is 4.79 Å². The topological polar surface area (TPSA) is 85.3 Å². The highest BCUT2D eigenvalue weighted by Gasteiger charge is 2.25. The molecule has 6 nitrogen and oxygen atoms in total. The first-order valence-corrected chi connectivity index (χ1v) is 11.0. The van der Waals surface area contributed by atoms with E-state index in [1.54, 1.807) is 6.07 Å². The molecule has 0 N–H and O–H groups in total. The molecular formula is C26H26N2O4. The number of aromatic nitrogens is 1. The quantitative estimate of drug-likeness (QED) is 0.475. The second kappa shape index (κ2) is 9.27. The van der Waals surface area contributed by atoms with Crippen LogP contribution in [0.1, 0.15) is 49.4 Å². The van der Waals surface area contributed by atoms with Crippen LogP contribution < -0.4 is 4.74 Å². The Morgan fingerprint density at radius 1 is 1.22 bits per heavy atom. The van der Waals surface area contributed by atoms with Crippen LogP contribution in [0.15, 0.2) is 40.9 Å². The largest absolute Gasteiger partial charge is 0.490 e. The van der Waals surface area contributed by atoms with Gasteiger partial charge >= 0.3 is 5.97 Å². The van der Waals surface area contributed by atoms with Gasteiger partial charge in [-0.1, -0.05) is 23.4 Å². The van der Waals surface area contributed by atoms with Gasteiger partial charge in [0.15, 0.2) is 5.76 Å². The van der Waals surface area contributed by atoms with Crippen molar-refractivity contribution < 1.29 is 18.8 Å². The number of nitrogens with zero attached hydrogens (tertiary/aromatic N) is 2. The van der Waals surface area contributed by atoms with Crippen LogP contribution in [0.25, 0.3) is 22.6 Å². The Bertz CT molecular complexity index is 1190. The summed E-state index contributed by atoms with van der Waals surface area (Å²) < 4.78 is 16.5. The molecule has 4 rings (SSSR count). The van der Waals surface area contributed by atoms with E-state index in [1.165, 1.54) is 5.56 Å². The Labute approximate surface area is 187 Å². The third-order valence-electron chi connectivity index (χ3n) is 5.51. The molecule has 0 saturated heterocycles. The predicted molar refractivity (Wildman–Crippen MR) is 120 cm³/mol. The Morgan fingerprint density at radius 3 is 2.81 bits per heavy atom. The van der Waals surface area contributed by atoms with Crippen molar-refractivity contribution >= 4 is 5.97 Å². The van der Waals surface area contributed by atoms with Crippen molar-refractivity contribution in [1.29, 1.82) is 5.26 Å². The molecule has 32 heavy (non-hydrogen) atoms. The van der Waals surface area contributed by atoms with Gasteiger partial charge in [-0.05, 0) is 69.4 Å². The number of carbonyl (C=O) groups excluding carboxylic acids is 1. The molecule has 0 atom stereocenters. The second-order valence-electron chi connectivity index (χ2n) is 8.12. The molecule has 0 unspecified atom stereocenters. The number of hydrogen-bond donors (Lipinski definition) is 0. The molecule has 0 aliphatic heterocycles. The van der Waals surface area contributed by atoms with Gasteiger partial charge in [-0.15, -0.1) is 0 Å². The normalized spacial score (nSPS) is 12.1. The fourth-order valence-electron chi connectivity index (χ4n) is 4.07. The Kier molecular flexibility index (Phi) is 6.27. The van der Waals surface area contributed by atoms with Crippen LogP contribution in [0.3, 0.4) is 0 Å². The molecule has 0 amide bonds. The highest BCUT2D eigenvalue weighted by molar-refractivity contribution is 5.77. The van der Waals surface area contributed by atoms with E-state index in [2.05, 4.69) is 23.4 Å². The number of aryl methyl sites for hydroxylation is 2. The molecule has 1 aromatic heterocycles. The number of rotatable bonds is 7. The van der Waals surface area contributed by atoms with Crippen LogP contribution in [-0.4, -0.2) is 23.8 Å². The van der Waals surface area contributed by atoms with Crippen LogP contribution in [-0.2, 0) is 28.8 Å². The molecular weight excluding hydrogens is 404 g/mol. The van der Waals surface area contributed by atoms with Crippen LogP contribution in [0.4, 0.5) is 0 Å². The number of fused-ring (bicyclic) bond motifs is 3. The van der Waals surface area contributed by atoms with Crippen LogP contribution in [0.5, 0.6) is 5.75 Å². The molecule has 0 fully saturated rings. The molecule has 0 radical (unpaired) electrons. The Balaban J connectivity index is 1.60. The first kappa shape index (κ1) is 21.6. The zero-order valence-electron chi connectivity index (χ0n) is 18.6. The molecule has 1 aliphatic carbocycles. The molecule has 164 valence electrons. The average Bonchev–Trinajstić information content (AvgIpc) is 3.22. The van der Waals surface area contributed by atoms with E-state index in [1.807, 2.05) is 39.0 Å². The number of carbonyl (C=O) groups is 1. The minimum atomic E-state index is -0.171. The van der Waals surface area contributed by atoms with Crippen molar-refractivity contribution in [2.75, 3.05) is 6.61 Å². The average molecular weight is 431 g/mol. The highest BCUT2D eigenvalue weighted by Crippen LogP contribution is 2.39. The summed E-state index contributed by atoms with van der Waals surface area (Å²) in [5.41, 5.74) is 6.57. The van der Waals surface area contributed by atoms with Crippen LogP contribution in [0.2, 0.25) is 0 Å². The zero-order valence-corrected chi connectivity index (χ0v) is 18.6. The first-order valence-electron chi connectivity index (χ1n) is 11.0. The van der Waals surface area contributed by atoms with Gasteiger partial charge in [0, 0.05) is 23.1 Å². The highest BCUT2D eigenvalue weighted by atomic mass is 16.5. The number of ether oxygens (including phenoxy) is 2. The second-order valence-corrected chi connectivity index (χ2v) is 8.12. The van der Waals surface area contributed by atoms with Crippen molar-refractivity contribution in [3.63, 3.8) is 0 Å². The number of esters is 1. The molecule has 0 saturated carbocycles. The lowest BCUT2D eigenvalue weighted by Crippen LogP contribution is -2.07. The van der Waals surface area contributed by atoms with E-state index in [-0.39, 0.29) is 12.1 Å². The lowest BCUT2D eigenvalue weighted by atomic mass is 9.86. The summed E-state index contributed by atoms with van der Waals surface area (Å²) in [6, 6.07) is 14.0. The van der Waals surface area contributed by atoms with Gasteiger partial charge in [0.05, 0.1) is 18.3 Å². The van der Waals surface area contributed by atoms with E-state index in [4.69, 9.17) is 14.0 Å². The van der Waals surface area contributed by atoms with Crippen molar-refractivity contribution in [2.24, 2.45) is 0 Å². The lowest BCUT2D eigenvalue weighted by molar-refractivity contribution is -0.143. The summed E-state index contributed by atoms with van der Waals surface area (Å²) in [6.07, 6.45) is 2.69. The fraction of sp³-hybridized carbons (Fsp3) is 0.346.